The number of halogens is 4. The Hall–Kier alpha value is -0.750. The summed E-state index contributed by atoms with van der Waals surface area (Å²) in [7, 11) is 0. The molecule has 1 saturated heterocycles. The lowest BCUT2D eigenvalue weighted by Gasteiger charge is -2.30. The molecular weight excluding hydrogens is 301 g/mol. The smallest absolute Gasteiger partial charge is 0.406 e. The molecule has 0 amide bonds. The van der Waals surface area contributed by atoms with E-state index in [1.807, 2.05) is 0 Å². The van der Waals surface area contributed by atoms with E-state index in [4.69, 9.17) is 4.74 Å². The molecule has 1 aliphatic heterocycles. The first-order valence-electron chi connectivity index (χ1n) is 5.03. The van der Waals surface area contributed by atoms with Crippen LogP contribution < -0.4 is 4.74 Å². The molecule has 1 aliphatic rings. The van der Waals surface area contributed by atoms with Gasteiger partial charge in [0.1, 0.15) is 5.75 Å². The normalized spacial score (nSPS) is 18.6. The molecule has 1 unspecified atom stereocenters. The fourth-order valence-corrected chi connectivity index (χ4v) is 2.16. The molecule has 1 atom stereocenters. The first-order chi connectivity index (χ1) is 7.96. The van der Waals surface area contributed by atoms with Crippen LogP contribution in [0, 0.1) is 5.92 Å². The molecule has 1 aromatic rings. The summed E-state index contributed by atoms with van der Waals surface area (Å²) in [6.45, 7) is 1.35. The lowest BCUT2D eigenvalue weighted by molar-refractivity contribution is -0.274. The van der Waals surface area contributed by atoms with Gasteiger partial charge in [-0.2, -0.15) is 0 Å². The summed E-state index contributed by atoms with van der Waals surface area (Å²) in [6.07, 6.45) is -4.64. The van der Waals surface area contributed by atoms with Crippen LogP contribution in [0.5, 0.6) is 5.75 Å². The van der Waals surface area contributed by atoms with Crippen molar-refractivity contribution in [2.75, 3.05) is 13.2 Å². The first-order valence-corrected chi connectivity index (χ1v) is 5.95. The average molecular weight is 311 g/mol. The highest BCUT2D eigenvalue weighted by molar-refractivity contribution is 9.09. The van der Waals surface area contributed by atoms with E-state index < -0.39 is 6.36 Å². The van der Waals surface area contributed by atoms with E-state index in [0.717, 1.165) is 5.56 Å². The maximum absolute atomic E-state index is 11.9. The molecule has 0 radical (unpaired) electrons. The van der Waals surface area contributed by atoms with Gasteiger partial charge in [0.25, 0.3) is 0 Å². The molecule has 0 aliphatic carbocycles. The third kappa shape index (κ3) is 3.35. The predicted molar refractivity (Wildman–Crippen MR) is 59.1 cm³/mol. The van der Waals surface area contributed by atoms with Gasteiger partial charge in [0.2, 0.25) is 0 Å². The second kappa shape index (κ2) is 4.86. The first kappa shape index (κ1) is 12.7. The predicted octanol–water partition coefficient (Wildman–Crippen LogP) is 3.67. The summed E-state index contributed by atoms with van der Waals surface area (Å²) in [5.74, 6) is 0.176. The van der Waals surface area contributed by atoms with Crippen LogP contribution >= 0.6 is 15.9 Å². The highest BCUT2D eigenvalue weighted by atomic mass is 79.9. The lowest BCUT2D eigenvalue weighted by Crippen LogP contribution is -2.30. The molecule has 1 aromatic carbocycles. The summed E-state index contributed by atoms with van der Waals surface area (Å²) in [5, 5.41) is 0. The highest BCUT2D eigenvalue weighted by Gasteiger charge is 2.31. The lowest BCUT2D eigenvalue weighted by atomic mass is 9.98. The van der Waals surface area contributed by atoms with Crippen LogP contribution in [0.3, 0.4) is 0 Å². The van der Waals surface area contributed by atoms with Crippen molar-refractivity contribution in [2.45, 2.75) is 11.2 Å². The van der Waals surface area contributed by atoms with Crippen molar-refractivity contribution in [1.29, 1.82) is 0 Å². The van der Waals surface area contributed by atoms with Gasteiger partial charge in [0, 0.05) is 10.7 Å². The molecule has 0 aromatic heterocycles. The SMILES string of the molecule is FC(F)(F)Oc1ccc(C(Br)C2COC2)cc1. The van der Waals surface area contributed by atoms with E-state index in [0.29, 0.717) is 19.1 Å². The third-order valence-electron chi connectivity index (χ3n) is 2.51. The topological polar surface area (TPSA) is 18.5 Å². The van der Waals surface area contributed by atoms with Crippen molar-refractivity contribution >= 4 is 15.9 Å². The minimum Gasteiger partial charge on any atom is -0.406 e. The van der Waals surface area contributed by atoms with E-state index >= 15 is 0 Å². The summed E-state index contributed by atoms with van der Waals surface area (Å²) < 4.78 is 44.7. The van der Waals surface area contributed by atoms with Gasteiger partial charge in [-0.05, 0) is 17.7 Å². The minimum atomic E-state index is -4.64. The van der Waals surface area contributed by atoms with Crippen LogP contribution in [-0.2, 0) is 4.74 Å². The fourth-order valence-electron chi connectivity index (χ4n) is 1.55. The highest BCUT2D eigenvalue weighted by Crippen LogP contribution is 2.36. The molecule has 0 N–H and O–H groups in total. The number of rotatable bonds is 3. The standard InChI is InChI=1S/C11H10BrF3O2/c12-10(8-5-16-6-8)7-1-3-9(4-2-7)17-11(13,14)15/h1-4,8,10H,5-6H2. The zero-order valence-corrected chi connectivity index (χ0v) is 10.3. The molecule has 1 fully saturated rings. The Morgan fingerprint density at radius 1 is 1.24 bits per heavy atom. The Morgan fingerprint density at radius 3 is 2.24 bits per heavy atom. The Balaban J connectivity index is 2.02. The zero-order chi connectivity index (χ0) is 12.5. The largest absolute Gasteiger partial charge is 0.573 e. The molecule has 0 saturated carbocycles. The molecule has 2 nitrogen and oxygen atoms in total. The minimum absolute atomic E-state index is 0.108. The van der Waals surface area contributed by atoms with Crippen LogP contribution in [0.4, 0.5) is 13.2 Å². The Labute approximate surface area is 105 Å². The fraction of sp³-hybridized carbons (Fsp3) is 0.455. The Morgan fingerprint density at radius 2 is 1.82 bits per heavy atom. The van der Waals surface area contributed by atoms with Crippen molar-refractivity contribution in [3.05, 3.63) is 29.8 Å². The van der Waals surface area contributed by atoms with Crippen molar-refractivity contribution in [1.82, 2.24) is 0 Å². The second-order valence-corrected chi connectivity index (χ2v) is 4.80. The van der Waals surface area contributed by atoms with Gasteiger partial charge in [0.15, 0.2) is 0 Å². The van der Waals surface area contributed by atoms with Gasteiger partial charge < -0.3 is 9.47 Å². The van der Waals surface area contributed by atoms with Crippen LogP contribution in [0.15, 0.2) is 24.3 Å². The average Bonchev–Trinajstić information content (AvgIpc) is 2.13. The summed E-state index contributed by atoms with van der Waals surface area (Å²) >= 11 is 3.51. The third-order valence-corrected chi connectivity index (χ3v) is 3.79. The van der Waals surface area contributed by atoms with Gasteiger partial charge in [-0.25, -0.2) is 0 Å². The maximum Gasteiger partial charge on any atom is 0.573 e. The maximum atomic E-state index is 11.9. The van der Waals surface area contributed by atoms with Crippen molar-refractivity contribution in [2.24, 2.45) is 5.92 Å². The number of hydrogen-bond acceptors (Lipinski definition) is 2. The van der Waals surface area contributed by atoms with E-state index in [-0.39, 0.29) is 10.6 Å². The molecule has 6 heteroatoms. The number of ether oxygens (including phenoxy) is 2. The molecule has 0 spiro atoms. The molecule has 2 rings (SSSR count). The quantitative estimate of drug-likeness (QED) is 0.793. The van der Waals surface area contributed by atoms with Crippen LogP contribution in [-0.4, -0.2) is 19.6 Å². The van der Waals surface area contributed by atoms with Crippen molar-refractivity contribution in [3.63, 3.8) is 0 Å². The van der Waals surface area contributed by atoms with E-state index in [1.165, 1.54) is 12.1 Å². The van der Waals surface area contributed by atoms with Crippen LogP contribution in [0.1, 0.15) is 10.4 Å². The summed E-state index contributed by atoms with van der Waals surface area (Å²) in [6, 6.07) is 5.88. The molecule has 94 valence electrons. The molecule has 0 bridgehead atoms. The number of benzene rings is 1. The molecule has 1 heterocycles. The zero-order valence-electron chi connectivity index (χ0n) is 8.71. The van der Waals surface area contributed by atoms with Crippen molar-refractivity contribution in [3.8, 4) is 5.75 Å². The van der Waals surface area contributed by atoms with Gasteiger partial charge in [-0.1, -0.05) is 28.1 Å². The van der Waals surface area contributed by atoms with Gasteiger partial charge in [-0.15, -0.1) is 13.2 Å². The van der Waals surface area contributed by atoms with Gasteiger partial charge >= 0.3 is 6.36 Å². The monoisotopic (exact) mass is 310 g/mol. The van der Waals surface area contributed by atoms with E-state index in [1.54, 1.807) is 12.1 Å². The molecule has 17 heavy (non-hydrogen) atoms. The molecular formula is C11H10BrF3O2. The Bertz CT molecular complexity index is 373. The Kier molecular flexibility index (Phi) is 3.63. The number of hydrogen-bond donors (Lipinski definition) is 0. The number of alkyl halides is 4. The van der Waals surface area contributed by atoms with Crippen LogP contribution in [0.2, 0.25) is 0 Å². The summed E-state index contributed by atoms with van der Waals surface area (Å²) in [4.78, 5) is 0.108. The van der Waals surface area contributed by atoms with E-state index in [2.05, 4.69) is 20.7 Å². The van der Waals surface area contributed by atoms with Gasteiger partial charge in [-0.3, -0.25) is 0 Å². The van der Waals surface area contributed by atoms with Crippen LogP contribution in [0.25, 0.3) is 0 Å². The van der Waals surface area contributed by atoms with Crippen molar-refractivity contribution < 1.29 is 22.6 Å². The summed E-state index contributed by atoms with van der Waals surface area (Å²) in [5.41, 5.74) is 0.924. The second-order valence-electron chi connectivity index (χ2n) is 3.82. The van der Waals surface area contributed by atoms with Gasteiger partial charge in [0.05, 0.1) is 13.2 Å². The van der Waals surface area contributed by atoms with E-state index in [9.17, 15) is 13.2 Å².